The third-order valence-corrected chi connectivity index (χ3v) is 5.35. The van der Waals surface area contributed by atoms with E-state index in [1.54, 1.807) is 30.5 Å². The van der Waals surface area contributed by atoms with Crippen LogP contribution in [0, 0.1) is 5.82 Å². The minimum Gasteiger partial charge on any atom is -0.493 e. The van der Waals surface area contributed by atoms with Crippen LogP contribution in [-0.2, 0) is 6.61 Å². The zero-order valence-electron chi connectivity index (χ0n) is 17.1. The van der Waals surface area contributed by atoms with Crippen molar-refractivity contribution in [2.24, 2.45) is 5.10 Å². The molecule has 2 N–H and O–H groups in total. The van der Waals surface area contributed by atoms with E-state index in [1.807, 2.05) is 24.3 Å². The molecule has 0 aliphatic rings. The molecule has 0 radical (unpaired) electrons. The summed E-state index contributed by atoms with van der Waals surface area (Å²) in [7, 11) is 1.53. The summed E-state index contributed by atoms with van der Waals surface area (Å²) < 4.78 is 25.0. The van der Waals surface area contributed by atoms with Gasteiger partial charge in [-0.15, -0.1) is 0 Å². The highest BCUT2D eigenvalue weighted by Gasteiger charge is 2.13. The number of amides is 1. The number of fused-ring (bicyclic) bond motifs is 1. The minimum atomic E-state index is -0.316. The summed E-state index contributed by atoms with van der Waals surface area (Å²) in [4.78, 5) is 15.5. The molecule has 1 amide bonds. The van der Waals surface area contributed by atoms with Crippen LogP contribution in [0.25, 0.3) is 10.9 Å². The van der Waals surface area contributed by atoms with Gasteiger partial charge in [0, 0.05) is 17.1 Å². The molecule has 1 heterocycles. The average molecular weight is 496 g/mol. The van der Waals surface area contributed by atoms with Crippen molar-refractivity contribution in [3.63, 3.8) is 0 Å². The Labute approximate surface area is 192 Å². The smallest absolute Gasteiger partial charge is 0.273 e. The van der Waals surface area contributed by atoms with Crippen LogP contribution in [-0.4, -0.2) is 24.2 Å². The number of ether oxygens (including phenoxy) is 2. The number of nitrogens with one attached hydrogen (secondary N) is 2. The normalized spacial score (nSPS) is 11.1. The number of benzene rings is 3. The summed E-state index contributed by atoms with van der Waals surface area (Å²) in [5.74, 6) is 0.389. The van der Waals surface area contributed by atoms with Crippen LogP contribution in [0.5, 0.6) is 11.5 Å². The van der Waals surface area contributed by atoms with Crippen molar-refractivity contribution in [2.75, 3.05) is 7.11 Å². The largest absolute Gasteiger partial charge is 0.493 e. The predicted octanol–water partition coefficient (Wildman–Crippen LogP) is 5.42. The van der Waals surface area contributed by atoms with Gasteiger partial charge in [-0.25, -0.2) is 9.82 Å². The van der Waals surface area contributed by atoms with Crippen molar-refractivity contribution in [1.29, 1.82) is 0 Å². The van der Waals surface area contributed by atoms with Gasteiger partial charge in [0.1, 0.15) is 12.4 Å². The first-order valence-corrected chi connectivity index (χ1v) is 10.5. The number of para-hydroxylation sites is 1. The predicted molar refractivity (Wildman–Crippen MR) is 125 cm³/mol. The summed E-state index contributed by atoms with van der Waals surface area (Å²) in [6.45, 7) is 0.253. The van der Waals surface area contributed by atoms with Crippen molar-refractivity contribution in [3.05, 3.63) is 93.8 Å². The van der Waals surface area contributed by atoms with E-state index in [4.69, 9.17) is 9.47 Å². The molecule has 1 aromatic heterocycles. The maximum absolute atomic E-state index is 13.1. The number of H-pyrrole nitrogens is 1. The lowest BCUT2D eigenvalue weighted by Gasteiger charge is -2.13. The second-order valence-electron chi connectivity index (χ2n) is 6.90. The van der Waals surface area contributed by atoms with Gasteiger partial charge < -0.3 is 14.5 Å². The van der Waals surface area contributed by atoms with E-state index in [9.17, 15) is 9.18 Å². The number of carbonyl (C=O) groups excluding carboxylic acids is 1. The van der Waals surface area contributed by atoms with E-state index < -0.39 is 0 Å². The van der Waals surface area contributed by atoms with Crippen molar-refractivity contribution >= 4 is 39.0 Å². The van der Waals surface area contributed by atoms with E-state index in [-0.39, 0.29) is 18.3 Å². The number of hydrogen-bond donors (Lipinski definition) is 2. The molecular formula is C24H19BrFN3O3. The fourth-order valence-electron chi connectivity index (χ4n) is 3.18. The molecule has 0 aliphatic carbocycles. The van der Waals surface area contributed by atoms with Crippen molar-refractivity contribution in [3.8, 4) is 11.5 Å². The van der Waals surface area contributed by atoms with Crippen LogP contribution >= 0.6 is 15.9 Å². The van der Waals surface area contributed by atoms with Crippen LogP contribution < -0.4 is 14.9 Å². The van der Waals surface area contributed by atoms with Crippen LogP contribution in [0.1, 0.15) is 21.5 Å². The Morgan fingerprint density at radius 1 is 1.19 bits per heavy atom. The van der Waals surface area contributed by atoms with Gasteiger partial charge >= 0.3 is 0 Å². The molecule has 0 saturated heterocycles. The molecule has 32 heavy (non-hydrogen) atoms. The standard InChI is InChI=1S/C24H19BrFN3O3/c1-31-22-11-16(10-20(25)23(22)32-14-15-6-8-17(26)9-7-15)12-28-29-24(30)19-13-27-21-5-3-2-4-18(19)21/h2-13,27H,14H2,1H3,(H,29,30)/b28-12-. The average Bonchev–Trinajstić information content (AvgIpc) is 3.23. The van der Waals surface area contributed by atoms with Gasteiger partial charge in [0.25, 0.3) is 5.91 Å². The first-order valence-electron chi connectivity index (χ1n) is 9.69. The fourth-order valence-corrected chi connectivity index (χ4v) is 3.75. The molecule has 0 bridgehead atoms. The Balaban J connectivity index is 1.45. The van der Waals surface area contributed by atoms with E-state index >= 15 is 0 Å². The number of aromatic nitrogens is 1. The molecule has 0 spiro atoms. The topological polar surface area (TPSA) is 75.7 Å². The van der Waals surface area contributed by atoms with E-state index in [0.29, 0.717) is 27.1 Å². The summed E-state index contributed by atoms with van der Waals surface area (Å²) in [6.07, 6.45) is 3.17. The molecule has 0 unspecified atom stereocenters. The van der Waals surface area contributed by atoms with Gasteiger partial charge in [0.2, 0.25) is 0 Å². The van der Waals surface area contributed by atoms with E-state index in [2.05, 4.69) is 31.4 Å². The van der Waals surface area contributed by atoms with Gasteiger partial charge in [-0.1, -0.05) is 30.3 Å². The lowest BCUT2D eigenvalue weighted by molar-refractivity contribution is 0.0957. The van der Waals surface area contributed by atoms with Crippen LogP contribution in [0.4, 0.5) is 4.39 Å². The SMILES string of the molecule is COc1cc(/C=N\NC(=O)c2c[nH]c3ccccc23)cc(Br)c1OCc1ccc(F)cc1. The molecule has 3 aromatic carbocycles. The summed E-state index contributed by atoms with van der Waals surface area (Å²) >= 11 is 3.49. The summed E-state index contributed by atoms with van der Waals surface area (Å²) in [5, 5.41) is 4.89. The maximum Gasteiger partial charge on any atom is 0.273 e. The van der Waals surface area contributed by atoms with Gasteiger partial charge in [0.15, 0.2) is 11.5 Å². The van der Waals surface area contributed by atoms with Crippen molar-refractivity contribution in [2.45, 2.75) is 6.61 Å². The molecule has 0 saturated carbocycles. The number of methoxy groups -OCH3 is 1. The maximum atomic E-state index is 13.1. The number of halogens is 2. The van der Waals surface area contributed by atoms with Crippen molar-refractivity contribution in [1.82, 2.24) is 10.4 Å². The van der Waals surface area contributed by atoms with Gasteiger partial charge in [-0.2, -0.15) is 5.10 Å². The zero-order chi connectivity index (χ0) is 22.5. The third-order valence-electron chi connectivity index (χ3n) is 4.76. The highest BCUT2D eigenvalue weighted by Crippen LogP contribution is 2.36. The summed E-state index contributed by atoms with van der Waals surface area (Å²) in [6, 6.07) is 17.2. The number of hydrazone groups is 1. The molecular weight excluding hydrogens is 477 g/mol. The van der Waals surface area contributed by atoms with Crippen molar-refractivity contribution < 1.29 is 18.7 Å². The highest BCUT2D eigenvalue weighted by atomic mass is 79.9. The molecule has 4 rings (SSSR count). The zero-order valence-corrected chi connectivity index (χ0v) is 18.6. The Hall–Kier alpha value is -3.65. The molecule has 0 fully saturated rings. The van der Waals surface area contributed by atoms with Crippen LogP contribution in [0.3, 0.4) is 0 Å². The molecule has 0 atom stereocenters. The summed E-state index contributed by atoms with van der Waals surface area (Å²) in [5.41, 5.74) is 5.46. The fraction of sp³-hybridized carbons (Fsp3) is 0.0833. The Morgan fingerprint density at radius 2 is 1.97 bits per heavy atom. The Bertz CT molecular complexity index is 1290. The van der Waals surface area contributed by atoms with Crippen LogP contribution in [0.2, 0.25) is 0 Å². The molecule has 4 aromatic rings. The monoisotopic (exact) mass is 495 g/mol. The first-order chi connectivity index (χ1) is 15.5. The molecule has 6 nitrogen and oxygen atoms in total. The molecule has 0 aliphatic heterocycles. The quantitative estimate of drug-likeness (QED) is 0.265. The number of rotatable bonds is 7. The molecule has 162 valence electrons. The Kier molecular flexibility index (Phi) is 6.51. The lowest BCUT2D eigenvalue weighted by Crippen LogP contribution is -2.17. The number of hydrogen-bond acceptors (Lipinski definition) is 4. The third kappa shape index (κ3) is 4.81. The van der Waals surface area contributed by atoms with E-state index in [0.717, 1.165) is 16.5 Å². The van der Waals surface area contributed by atoms with Crippen LogP contribution in [0.15, 0.2) is 76.4 Å². The minimum absolute atomic E-state index is 0.253. The number of nitrogens with zero attached hydrogens (tertiary/aromatic N) is 1. The second-order valence-corrected chi connectivity index (χ2v) is 7.75. The van der Waals surface area contributed by atoms with Gasteiger partial charge in [-0.3, -0.25) is 4.79 Å². The number of aromatic amines is 1. The molecule has 8 heteroatoms. The second kappa shape index (κ2) is 9.65. The van der Waals surface area contributed by atoms with E-state index in [1.165, 1.54) is 25.5 Å². The van der Waals surface area contributed by atoms with Gasteiger partial charge in [0.05, 0.1) is 23.4 Å². The first kappa shape index (κ1) is 21.6. The Morgan fingerprint density at radius 3 is 2.75 bits per heavy atom. The lowest BCUT2D eigenvalue weighted by atomic mass is 10.2. The number of carbonyl (C=O) groups is 1. The van der Waals surface area contributed by atoms with Gasteiger partial charge in [-0.05, 0) is 57.4 Å². The highest BCUT2D eigenvalue weighted by molar-refractivity contribution is 9.10.